The summed E-state index contributed by atoms with van der Waals surface area (Å²) < 4.78 is 0. The number of anilines is 3. The first-order valence-electron chi connectivity index (χ1n) is 9.82. The van der Waals surface area contributed by atoms with E-state index in [0.717, 1.165) is 48.8 Å². The van der Waals surface area contributed by atoms with Gasteiger partial charge in [0.1, 0.15) is 5.84 Å². The van der Waals surface area contributed by atoms with Crippen molar-refractivity contribution in [2.75, 3.05) is 29.0 Å². The van der Waals surface area contributed by atoms with Gasteiger partial charge in [-0.2, -0.15) is 0 Å². The van der Waals surface area contributed by atoms with Crippen molar-refractivity contribution in [1.82, 2.24) is 5.32 Å². The smallest absolute Gasteiger partial charge is 0.221 e. The highest BCUT2D eigenvalue weighted by Crippen LogP contribution is 2.37. The fourth-order valence-electron chi connectivity index (χ4n) is 3.99. The Bertz CT molecular complexity index is 915. The summed E-state index contributed by atoms with van der Waals surface area (Å²) in [5, 5.41) is 13.6. The van der Waals surface area contributed by atoms with Gasteiger partial charge in [0.05, 0.1) is 23.5 Å². The molecule has 0 aliphatic carbocycles. The predicted octanol–water partition coefficient (Wildman–Crippen LogP) is 3.51. The van der Waals surface area contributed by atoms with Crippen LogP contribution in [0.3, 0.4) is 0 Å². The molecule has 0 bridgehead atoms. The number of aliphatic imine (C=N–C) groups is 1. The SMILES string of the molecule is CC(=O)Nc1ccc2c(c1)NC(=NCc1cccc(C)c1)C1(CCNCC1)N2. The number of nitrogens with one attached hydrogen (secondary N) is 4. The molecule has 28 heavy (non-hydrogen) atoms. The second-order valence-corrected chi connectivity index (χ2v) is 7.68. The minimum absolute atomic E-state index is 0.0770. The van der Waals surface area contributed by atoms with E-state index in [1.165, 1.54) is 18.1 Å². The summed E-state index contributed by atoms with van der Waals surface area (Å²) in [5.74, 6) is 0.898. The van der Waals surface area contributed by atoms with Gasteiger partial charge in [0, 0.05) is 12.6 Å². The lowest BCUT2D eigenvalue weighted by atomic mass is 9.84. The minimum Gasteiger partial charge on any atom is -0.371 e. The number of amidine groups is 1. The van der Waals surface area contributed by atoms with E-state index in [1.54, 1.807) is 0 Å². The molecular weight excluding hydrogens is 350 g/mol. The summed E-state index contributed by atoms with van der Waals surface area (Å²) in [5.41, 5.74) is 5.03. The summed E-state index contributed by atoms with van der Waals surface area (Å²) in [6.45, 7) is 6.17. The van der Waals surface area contributed by atoms with Gasteiger partial charge in [-0.25, -0.2) is 0 Å². The van der Waals surface area contributed by atoms with Crippen LogP contribution in [-0.4, -0.2) is 30.4 Å². The second-order valence-electron chi connectivity index (χ2n) is 7.68. The third-order valence-corrected chi connectivity index (χ3v) is 5.38. The summed E-state index contributed by atoms with van der Waals surface area (Å²) in [4.78, 5) is 16.4. The number of hydrogen-bond acceptors (Lipinski definition) is 4. The molecule has 0 radical (unpaired) electrons. The van der Waals surface area contributed by atoms with Crippen molar-refractivity contribution in [3.63, 3.8) is 0 Å². The summed E-state index contributed by atoms with van der Waals surface area (Å²) in [7, 11) is 0. The van der Waals surface area contributed by atoms with Gasteiger partial charge in [-0.1, -0.05) is 29.8 Å². The molecule has 2 aromatic rings. The molecule has 6 heteroatoms. The van der Waals surface area contributed by atoms with Crippen LogP contribution in [0.2, 0.25) is 0 Å². The number of nitrogens with zero attached hydrogens (tertiary/aromatic N) is 1. The molecule has 0 saturated carbocycles. The molecule has 4 rings (SSSR count). The molecule has 146 valence electrons. The molecular formula is C22H27N5O. The van der Waals surface area contributed by atoms with E-state index in [0.29, 0.717) is 6.54 Å². The van der Waals surface area contributed by atoms with Crippen molar-refractivity contribution in [1.29, 1.82) is 0 Å². The minimum atomic E-state index is -0.183. The maximum Gasteiger partial charge on any atom is 0.221 e. The first-order valence-corrected chi connectivity index (χ1v) is 9.82. The first kappa shape index (κ1) is 18.5. The van der Waals surface area contributed by atoms with Crippen LogP contribution >= 0.6 is 0 Å². The monoisotopic (exact) mass is 377 g/mol. The van der Waals surface area contributed by atoms with Crippen LogP contribution in [-0.2, 0) is 11.3 Å². The second kappa shape index (κ2) is 7.64. The van der Waals surface area contributed by atoms with Crippen LogP contribution < -0.4 is 21.3 Å². The topological polar surface area (TPSA) is 77.5 Å². The lowest BCUT2D eigenvalue weighted by Crippen LogP contribution is -2.57. The van der Waals surface area contributed by atoms with Crippen LogP contribution in [0.5, 0.6) is 0 Å². The van der Waals surface area contributed by atoms with Crippen molar-refractivity contribution in [3.8, 4) is 0 Å². The Morgan fingerprint density at radius 3 is 2.71 bits per heavy atom. The van der Waals surface area contributed by atoms with Crippen molar-refractivity contribution in [2.24, 2.45) is 4.99 Å². The molecule has 1 spiro atoms. The van der Waals surface area contributed by atoms with Crippen LogP contribution in [0.4, 0.5) is 17.1 Å². The van der Waals surface area contributed by atoms with Gasteiger partial charge >= 0.3 is 0 Å². The summed E-state index contributed by atoms with van der Waals surface area (Å²) in [6, 6.07) is 14.4. The van der Waals surface area contributed by atoms with Gasteiger partial charge in [0.2, 0.25) is 5.91 Å². The number of benzene rings is 2. The van der Waals surface area contributed by atoms with Crippen molar-refractivity contribution in [3.05, 3.63) is 53.6 Å². The van der Waals surface area contributed by atoms with Gasteiger partial charge in [0.25, 0.3) is 0 Å². The van der Waals surface area contributed by atoms with Crippen molar-refractivity contribution >= 4 is 28.8 Å². The predicted molar refractivity (Wildman–Crippen MR) is 115 cm³/mol. The number of aryl methyl sites for hydroxylation is 1. The summed E-state index contributed by atoms with van der Waals surface area (Å²) >= 11 is 0. The number of carbonyl (C=O) groups excluding carboxylic acids is 1. The van der Waals surface area contributed by atoms with E-state index in [9.17, 15) is 4.79 Å². The zero-order valence-corrected chi connectivity index (χ0v) is 16.4. The Labute approximate surface area is 165 Å². The van der Waals surface area contributed by atoms with E-state index in [4.69, 9.17) is 4.99 Å². The van der Waals surface area contributed by atoms with E-state index in [1.807, 2.05) is 18.2 Å². The third kappa shape index (κ3) is 3.87. The fourth-order valence-corrected chi connectivity index (χ4v) is 3.99. The summed E-state index contributed by atoms with van der Waals surface area (Å²) in [6.07, 6.45) is 1.94. The van der Waals surface area contributed by atoms with Crippen molar-refractivity contribution in [2.45, 2.75) is 38.8 Å². The van der Waals surface area contributed by atoms with Gasteiger partial charge in [0.15, 0.2) is 0 Å². The van der Waals surface area contributed by atoms with E-state index < -0.39 is 0 Å². The van der Waals surface area contributed by atoms with E-state index in [2.05, 4.69) is 52.5 Å². The largest absolute Gasteiger partial charge is 0.371 e. The molecule has 6 nitrogen and oxygen atoms in total. The van der Waals surface area contributed by atoms with Gasteiger partial charge in [-0.05, 0) is 56.6 Å². The molecule has 2 heterocycles. The highest BCUT2D eigenvalue weighted by atomic mass is 16.1. The number of hydrogen-bond donors (Lipinski definition) is 4. The maximum absolute atomic E-state index is 11.4. The Kier molecular flexibility index (Phi) is 5.05. The molecule has 4 N–H and O–H groups in total. The standard InChI is InChI=1S/C22H27N5O/c1-15-4-3-5-17(12-15)14-24-21-22(8-10-23-11-9-22)27-19-7-6-18(25-16(2)28)13-20(19)26-21/h3-7,12-13,23,27H,8-11,14H2,1-2H3,(H,24,26)(H,25,28). The maximum atomic E-state index is 11.4. The number of fused-ring (bicyclic) bond motifs is 1. The molecule has 1 amide bonds. The zero-order valence-electron chi connectivity index (χ0n) is 16.4. The molecule has 0 aromatic heterocycles. The van der Waals surface area contributed by atoms with Gasteiger partial charge in [-0.15, -0.1) is 0 Å². The zero-order chi connectivity index (χ0) is 19.6. The molecule has 0 unspecified atom stereocenters. The van der Waals surface area contributed by atoms with Crippen LogP contribution in [0.15, 0.2) is 47.5 Å². The normalized spacial score (nSPS) is 18.9. The number of piperidine rings is 1. The molecule has 1 saturated heterocycles. The highest BCUT2D eigenvalue weighted by Gasteiger charge is 2.40. The lowest BCUT2D eigenvalue weighted by molar-refractivity contribution is -0.114. The Hall–Kier alpha value is -2.86. The van der Waals surface area contributed by atoms with Crippen LogP contribution in [0.1, 0.15) is 30.9 Å². The van der Waals surface area contributed by atoms with Gasteiger partial charge < -0.3 is 21.3 Å². The van der Waals surface area contributed by atoms with Crippen LogP contribution in [0, 0.1) is 6.92 Å². The number of rotatable bonds is 3. The van der Waals surface area contributed by atoms with E-state index >= 15 is 0 Å². The lowest BCUT2D eigenvalue weighted by Gasteiger charge is -2.44. The Morgan fingerprint density at radius 1 is 1.14 bits per heavy atom. The van der Waals surface area contributed by atoms with Crippen LogP contribution in [0.25, 0.3) is 0 Å². The average Bonchev–Trinajstić information content (AvgIpc) is 2.67. The van der Waals surface area contributed by atoms with E-state index in [-0.39, 0.29) is 11.4 Å². The molecule has 0 atom stereocenters. The van der Waals surface area contributed by atoms with Gasteiger partial charge in [-0.3, -0.25) is 9.79 Å². The highest BCUT2D eigenvalue weighted by molar-refractivity contribution is 6.10. The van der Waals surface area contributed by atoms with Crippen molar-refractivity contribution < 1.29 is 4.79 Å². The Morgan fingerprint density at radius 2 is 1.96 bits per heavy atom. The Balaban J connectivity index is 1.66. The molecule has 1 fully saturated rings. The quantitative estimate of drug-likeness (QED) is 0.660. The number of carbonyl (C=O) groups is 1. The molecule has 2 aliphatic rings. The molecule has 2 aromatic carbocycles. The third-order valence-electron chi connectivity index (χ3n) is 5.38. The first-order chi connectivity index (χ1) is 13.5. The molecule has 2 aliphatic heterocycles. The average molecular weight is 377 g/mol. The number of amides is 1. The fraction of sp³-hybridized carbons (Fsp3) is 0.364.